The summed E-state index contributed by atoms with van der Waals surface area (Å²) in [5.41, 5.74) is 3.24. The highest BCUT2D eigenvalue weighted by Crippen LogP contribution is 2.32. The molecule has 154 valence electrons. The summed E-state index contributed by atoms with van der Waals surface area (Å²) >= 11 is 0. The largest absolute Gasteiger partial charge is 0.384 e. The molecule has 2 fully saturated rings. The summed E-state index contributed by atoms with van der Waals surface area (Å²) in [5, 5.41) is 6.62. The van der Waals surface area contributed by atoms with E-state index in [-0.39, 0.29) is 23.7 Å². The summed E-state index contributed by atoms with van der Waals surface area (Å²) < 4.78 is 7.87. The summed E-state index contributed by atoms with van der Waals surface area (Å²) in [6.45, 7) is 7.62. The number of carbonyl (C=O) groups is 1. The molecule has 2 heterocycles. The van der Waals surface area contributed by atoms with Crippen molar-refractivity contribution in [3.8, 4) is 0 Å². The normalized spacial score (nSPS) is 20.1. The molecule has 1 aromatic rings. The lowest BCUT2D eigenvalue weighted by Crippen LogP contribution is -2.47. The zero-order valence-electron chi connectivity index (χ0n) is 17.1. The van der Waals surface area contributed by atoms with Crippen LogP contribution >= 0.6 is 12.4 Å². The molecule has 1 saturated heterocycles. The Morgan fingerprint density at radius 1 is 1.26 bits per heavy atom. The van der Waals surface area contributed by atoms with Crippen molar-refractivity contribution in [2.45, 2.75) is 64.8 Å². The van der Waals surface area contributed by atoms with Crippen molar-refractivity contribution in [2.75, 3.05) is 33.4 Å². The van der Waals surface area contributed by atoms with Gasteiger partial charge in [0, 0.05) is 36.5 Å². The van der Waals surface area contributed by atoms with Gasteiger partial charge in [-0.15, -0.1) is 12.4 Å². The number of aromatic nitrogens is 1. The number of nitrogens with zero attached hydrogens (tertiary/aromatic N) is 1. The average Bonchev–Trinajstić information content (AvgIpc) is 2.96. The molecule has 1 amide bonds. The van der Waals surface area contributed by atoms with Gasteiger partial charge in [-0.05, 0) is 58.7 Å². The van der Waals surface area contributed by atoms with Gasteiger partial charge in [-0.1, -0.05) is 19.3 Å². The van der Waals surface area contributed by atoms with Crippen LogP contribution in [0.1, 0.15) is 72.7 Å². The number of amides is 1. The fourth-order valence-electron chi connectivity index (χ4n) is 4.91. The third-order valence-electron chi connectivity index (χ3n) is 6.41. The Morgan fingerprint density at radius 3 is 2.56 bits per heavy atom. The molecule has 1 aliphatic heterocycles. The number of ether oxygens (including phenoxy) is 1. The highest BCUT2D eigenvalue weighted by Gasteiger charge is 2.33. The number of halogens is 1. The molecule has 1 aliphatic carbocycles. The maximum Gasteiger partial charge on any atom is 0.253 e. The van der Waals surface area contributed by atoms with E-state index in [2.05, 4.69) is 35.1 Å². The van der Waals surface area contributed by atoms with E-state index in [4.69, 9.17) is 4.74 Å². The van der Waals surface area contributed by atoms with E-state index in [0.29, 0.717) is 19.2 Å². The molecule has 0 bridgehead atoms. The maximum atomic E-state index is 12.9. The van der Waals surface area contributed by atoms with E-state index in [1.54, 1.807) is 7.11 Å². The molecule has 27 heavy (non-hydrogen) atoms. The van der Waals surface area contributed by atoms with Crippen molar-refractivity contribution in [1.82, 2.24) is 15.2 Å². The predicted molar refractivity (Wildman–Crippen MR) is 112 cm³/mol. The van der Waals surface area contributed by atoms with Crippen LogP contribution in [0.3, 0.4) is 0 Å². The number of methoxy groups -OCH3 is 1. The first-order chi connectivity index (χ1) is 12.6. The Kier molecular flexibility index (Phi) is 8.20. The van der Waals surface area contributed by atoms with E-state index in [1.165, 1.54) is 37.8 Å². The van der Waals surface area contributed by atoms with Gasteiger partial charge in [0.2, 0.25) is 0 Å². The standard InChI is InChI=1S/C21H35N3O2.ClH/c1-16-13-19(17(2)24(16)18-7-5-4-6-8-18)20(25)23-14-21(15-26-3)9-11-22-12-10-21;/h13,18,22H,4-12,14-15H2,1-3H3,(H,23,25);1H. The summed E-state index contributed by atoms with van der Waals surface area (Å²) in [7, 11) is 1.75. The molecule has 0 unspecified atom stereocenters. The van der Waals surface area contributed by atoms with Crippen LogP contribution in [-0.2, 0) is 4.74 Å². The van der Waals surface area contributed by atoms with Crippen LogP contribution in [0.4, 0.5) is 0 Å². The minimum absolute atomic E-state index is 0. The summed E-state index contributed by atoms with van der Waals surface area (Å²) in [5.74, 6) is 0.0640. The van der Waals surface area contributed by atoms with E-state index in [0.717, 1.165) is 37.2 Å². The van der Waals surface area contributed by atoms with E-state index in [1.807, 2.05) is 0 Å². The second-order valence-corrected chi connectivity index (χ2v) is 8.31. The van der Waals surface area contributed by atoms with Crippen LogP contribution in [0.2, 0.25) is 0 Å². The molecule has 2 aliphatic rings. The molecule has 6 heteroatoms. The number of nitrogens with one attached hydrogen (secondary N) is 2. The second kappa shape index (κ2) is 9.94. The van der Waals surface area contributed by atoms with Gasteiger partial charge in [0.25, 0.3) is 5.91 Å². The monoisotopic (exact) mass is 397 g/mol. The van der Waals surface area contributed by atoms with Crippen LogP contribution < -0.4 is 10.6 Å². The first kappa shape index (κ1) is 22.3. The highest BCUT2D eigenvalue weighted by atomic mass is 35.5. The zero-order chi connectivity index (χ0) is 18.6. The lowest BCUT2D eigenvalue weighted by atomic mass is 9.79. The molecule has 0 spiro atoms. The van der Waals surface area contributed by atoms with E-state index in [9.17, 15) is 4.79 Å². The molecule has 1 saturated carbocycles. The number of hydrogen-bond donors (Lipinski definition) is 2. The topological polar surface area (TPSA) is 55.3 Å². The van der Waals surface area contributed by atoms with Gasteiger partial charge in [-0.2, -0.15) is 0 Å². The summed E-state index contributed by atoms with van der Waals surface area (Å²) in [4.78, 5) is 12.9. The van der Waals surface area contributed by atoms with Crippen molar-refractivity contribution >= 4 is 18.3 Å². The molecular formula is C21H36ClN3O2. The maximum absolute atomic E-state index is 12.9. The second-order valence-electron chi connectivity index (χ2n) is 8.31. The van der Waals surface area contributed by atoms with Gasteiger partial charge in [0.1, 0.15) is 0 Å². The summed E-state index contributed by atoms with van der Waals surface area (Å²) in [6.07, 6.45) is 8.51. The third-order valence-corrected chi connectivity index (χ3v) is 6.41. The average molecular weight is 398 g/mol. The number of aryl methyl sites for hydroxylation is 1. The molecule has 1 aromatic heterocycles. The van der Waals surface area contributed by atoms with Crippen LogP contribution in [0.15, 0.2) is 6.07 Å². The van der Waals surface area contributed by atoms with Crippen LogP contribution in [-0.4, -0.2) is 43.8 Å². The number of hydrogen-bond acceptors (Lipinski definition) is 3. The first-order valence-corrected chi connectivity index (χ1v) is 10.2. The zero-order valence-corrected chi connectivity index (χ0v) is 17.9. The van der Waals surface area contributed by atoms with Gasteiger partial charge in [0.15, 0.2) is 0 Å². The van der Waals surface area contributed by atoms with Crippen molar-refractivity contribution in [1.29, 1.82) is 0 Å². The lowest BCUT2D eigenvalue weighted by Gasteiger charge is -2.37. The fraction of sp³-hybridized carbons (Fsp3) is 0.762. The van der Waals surface area contributed by atoms with Gasteiger partial charge < -0.3 is 19.9 Å². The first-order valence-electron chi connectivity index (χ1n) is 10.2. The third kappa shape index (κ3) is 5.07. The Labute approximate surface area is 170 Å². The molecule has 0 radical (unpaired) electrons. The van der Waals surface area contributed by atoms with E-state index < -0.39 is 0 Å². The van der Waals surface area contributed by atoms with Crippen LogP contribution in [0, 0.1) is 19.3 Å². The smallest absolute Gasteiger partial charge is 0.253 e. The SMILES string of the molecule is COCC1(CNC(=O)c2cc(C)n(C3CCCCC3)c2C)CCNCC1.Cl. The van der Waals surface area contributed by atoms with Gasteiger partial charge in [-0.3, -0.25) is 4.79 Å². The van der Waals surface area contributed by atoms with Crippen molar-refractivity contribution in [2.24, 2.45) is 5.41 Å². The molecule has 5 nitrogen and oxygen atoms in total. The minimum atomic E-state index is 0. The molecule has 2 N–H and O–H groups in total. The van der Waals surface area contributed by atoms with Gasteiger partial charge in [-0.25, -0.2) is 0 Å². The van der Waals surface area contributed by atoms with Crippen LogP contribution in [0.5, 0.6) is 0 Å². The quantitative estimate of drug-likeness (QED) is 0.768. The molecule has 0 aromatic carbocycles. The predicted octanol–water partition coefficient (Wildman–Crippen LogP) is 3.78. The Morgan fingerprint density at radius 2 is 1.93 bits per heavy atom. The number of rotatable bonds is 6. The van der Waals surface area contributed by atoms with Crippen molar-refractivity contribution in [3.63, 3.8) is 0 Å². The van der Waals surface area contributed by atoms with Crippen LogP contribution in [0.25, 0.3) is 0 Å². The van der Waals surface area contributed by atoms with E-state index >= 15 is 0 Å². The molecule has 3 rings (SSSR count). The fourth-order valence-corrected chi connectivity index (χ4v) is 4.91. The minimum Gasteiger partial charge on any atom is -0.384 e. The summed E-state index contributed by atoms with van der Waals surface area (Å²) in [6, 6.07) is 2.64. The molecular weight excluding hydrogens is 362 g/mol. The number of carbonyl (C=O) groups excluding carboxylic acids is 1. The van der Waals surface area contributed by atoms with Gasteiger partial charge >= 0.3 is 0 Å². The Hall–Kier alpha value is -1.04. The lowest BCUT2D eigenvalue weighted by molar-refractivity contribution is 0.0511. The Balaban J connectivity index is 0.00000261. The molecule has 0 atom stereocenters. The Bertz CT molecular complexity index is 612. The highest BCUT2D eigenvalue weighted by molar-refractivity contribution is 5.95. The van der Waals surface area contributed by atoms with Crippen molar-refractivity contribution in [3.05, 3.63) is 23.0 Å². The van der Waals surface area contributed by atoms with Crippen molar-refractivity contribution < 1.29 is 9.53 Å². The number of piperidine rings is 1. The van der Waals surface area contributed by atoms with Gasteiger partial charge in [0.05, 0.1) is 12.2 Å².